The van der Waals surface area contributed by atoms with Gasteiger partial charge in [0, 0.05) is 31.2 Å². The molecule has 1 fully saturated rings. The van der Waals surface area contributed by atoms with E-state index in [-0.39, 0.29) is 11.1 Å². The summed E-state index contributed by atoms with van der Waals surface area (Å²) in [5.41, 5.74) is -0.0185. The van der Waals surface area contributed by atoms with Crippen molar-refractivity contribution in [1.82, 2.24) is 15.3 Å². The third kappa shape index (κ3) is 2.41. The second-order valence-electron chi connectivity index (χ2n) is 4.92. The second kappa shape index (κ2) is 3.90. The summed E-state index contributed by atoms with van der Waals surface area (Å²) in [6, 6.07) is 1.56. The molecule has 5 nitrogen and oxygen atoms in total. The van der Waals surface area contributed by atoms with Gasteiger partial charge in [-0.2, -0.15) is 0 Å². The van der Waals surface area contributed by atoms with E-state index in [1.54, 1.807) is 13.0 Å². The summed E-state index contributed by atoms with van der Waals surface area (Å²) in [5.74, 6) is 1.44. The van der Waals surface area contributed by atoms with E-state index >= 15 is 0 Å². The minimum absolute atomic E-state index is 0.0659. The average Bonchev–Trinajstić information content (AvgIpc) is 2.14. The monoisotopic (exact) mass is 222 g/mol. The highest BCUT2D eigenvalue weighted by Gasteiger charge is 2.26. The molecule has 0 aromatic carbocycles. The molecule has 0 amide bonds. The lowest BCUT2D eigenvalue weighted by molar-refractivity contribution is 0.351. The standard InChI is InChI=1S/C11H18N4O/c1-8-13-9(6-10(16)14-8)15-5-4-12-11(2,3)7-15/h6,12H,4-5,7H2,1-3H3,(H,13,14,16). The lowest BCUT2D eigenvalue weighted by atomic mass is 10.0. The van der Waals surface area contributed by atoms with Gasteiger partial charge in [-0.25, -0.2) is 4.98 Å². The normalized spacial score (nSPS) is 19.8. The Labute approximate surface area is 94.9 Å². The van der Waals surface area contributed by atoms with Gasteiger partial charge in [-0.1, -0.05) is 0 Å². The first kappa shape index (κ1) is 11.1. The number of rotatable bonds is 1. The lowest BCUT2D eigenvalue weighted by Gasteiger charge is -2.39. The van der Waals surface area contributed by atoms with Crippen molar-refractivity contribution in [3.63, 3.8) is 0 Å². The van der Waals surface area contributed by atoms with Gasteiger partial charge < -0.3 is 15.2 Å². The van der Waals surface area contributed by atoms with Crippen LogP contribution in [0.4, 0.5) is 5.82 Å². The van der Waals surface area contributed by atoms with Crippen molar-refractivity contribution < 1.29 is 0 Å². The predicted octanol–water partition coefficient (Wildman–Crippen LogP) is 0.267. The van der Waals surface area contributed by atoms with Crippen molar-refractivity contribution in [2.24, 2.45) is 0 Å². The number of nitrogens with zero attached hydrogens (tertiary/aromatic N) is 2. The van der Waals surface area contributed by atoms with Crippen LogP contribution in [0.5, 0.6) is 0 Å². The summed E-state index contributed by atoms with van der Waals surface area (Å²) in [5, 5.41) is 3.43. The Kier molecular flexibility index (Phi) is 2.71. The van der Waals surface area contributed by atoms with Gasteiger partial charge in [0.05, 0.1) is 0 Å². The van der Waals surface area contributed by atoms with E-state index in [2.05, 4.69) is 34.0 Å². The molecule has 0 aliphatic carbocycles. The van der Waals surface area contributed by atoms with Crippen LogP contribution in [-0.2, 0) is 0 Å². The fourth-order valence-corrected chi connectivity index (χ4v) is 2.06. The smallest absolute Gasteiger partial charge is 0.252 e. The summed E-state index contributed by atoms with van der Waals surface area (Å²) >= 11 is 0. The zero-order chi connectivity index (χ0) is 11.8. The van der Waals surface area contributed by atoms with Crippen molar-refractivity contribution in [3.8, 4) is 0 Å². The Morgan fingerprint density at radius 1 is 1.50 bits per heavy atom. The molecule has 2 heterocycles. The van der Waals surface area contributed by atoms with Crippen LogP contribution in [0.1, 0.15) is 19.7 Å². The third-order valence-electron chi connectivity index (χ3n) is 2.74. The Balaban J connectivity index is 2.27. The van der Waals surface area contributed by atoms with Crippen LogP contribution in [0.15, 0.2) is 10.9 Å². The van der Waals surface area contributed by atoms with E-state index in [0.29, 0.717) is 5.82 Å². The summed E-state index contributed by atoms with van der Waals surface area (Å²) in [6.45, 7) is 8.78. The molecule has 1 aliphatic heterocycles. The van der Waals surface area contributed by atoms with Crippen LogP contribution in [-0.4, -0.2) is 35.1 Å². The largest absolute Gasteiger partial charge is 0.353 e. The van der Waals surface area contributed by atoms with Gasteiger partial charge in [0.1, 0.15) is 11.6 Å². The van der Waals surface area contributed by atoms with E-state index < -0.39 is 0 Å². The zero-order valence-corrected chi connectivity index (χ0v) is 10.0. The number of nitrogens with one attached hydrogen (secondary N) is 2. The maximum atomic E-state index is 11.4. The Morgan fingerprint density at radius 3 is 2.88 bits per heavy atom. The van der Waals surface area contributed by atoms with Crippen LogP contribution < -0.4 is 15.8 Å². The van der Waals surface area contributed by atoms with Gasteiger partial charge in [0.25, 0.3) is 5.56 Å². The SMILES string of the molecule is Cc1nc(N2CCNC(C)(C)C2)cc(=O)[nH]1. The highest BCUT2D eigenvalue weighted by molar-refractivity contribution is 5.39. The van der Waals surface area contributed by atoms with E-state index in [1.807, 2.05) is 0 Å². The molecule has 0 saturated carbocycles. The number of aromatic amines is 1. The molecule has 16 heavy (non-hydrogen) atoms. The molecule has 1 saturated heterocycles. The second-order valence-corrected chi connectivity index (χ2v) is 4.92. The van der Waals surface area contributed by atoms with Crippen LogP contribution >= 0.6 is 0 Å². The highest BCUT2D eigenvalue weighted by Crippen LogP contribution is 2.16. The summed E-state index contributed by atoms with van der Waals surface area (Å²) in [7, 11) is 0. The predicted molar refractivity (Wildman–Crippen MR) is 63.9 cm³/mol. The minimum Gasteiger partial charge on any atom is -0.353 e. The molecular formula is C11H18N4O. The quantitative estimate of drug-likeness (QED) is 0.716. The van der Waals surface area contributed by atoms with Gasteiger partial charge in [0.2, 0.25) is 0 Å². The van der Waals surface area contributed by atoms with E-state index in [4.69, 9.17) is 0 Å². The molecule has 0 unspecified atom stereocenters. The van der Waals surface area contributed by atoms with Crippen molar-refractivity contribution in [1.29, 1.82) is 0 Å². The van der Waals surface area contributed by atoms with Gasteiger partial charge in [0.15, 0.2) is 0 Å². The number of hydrogen-bond acceptors (Lipinski definition) is 4. The molecule has 2 N–H and O–H groups in total. The van der Waals surface area contributed by atoms with Crippen LogP contribution in [0.2, 0.25) is 0 Å². The lowest BCUT2D eigenvalue weighted by Crippen LogP contribution is -2.57. The van der Waals surface area contributed by atoms with Crippen LogP contribution in [0, 0.1) is 6.92 Å². The number of H-pyrrole nitrogens is 1. The van der Waals surface area contributed by atoms with E-state index in [1.165, 1.54) is 0 Å². The van der Waals surface area contributed by atoms with Crippen molar-refractivity contribution in [2.45, 2.75) is 26.3 Å². The summed E-state index contributed by atoms with van der Waals surface area (Å²) < 4.78 is 0. The highest BCUT2D eigenvalue weighted by atomic mass is 16.1. The Morgan fingerprint density at radius 2 is 2.25 bits per heavy atom. The topological polar surface area (TPSA) is 61.0 Å². The molecule has 5 heteroatoms. The molecule has 0 radical (unpaired) electrons. The van der Waals surface area contributed by atoms with Gasteiger partial charge in [-0.3, -0.25) is 4.79 Å². The van der Waals surface area contributed by atoms with E-state index in [9.17, 15) is 4.79 Å². The van der Waals surface area contributed by atoms with Crippen LogP contribution in [0.25, 0.3) is 0 Å². The molecule has 0 bridgehead atoms. The minimum atomic E-state index is -0.0844. The molecule has 0 atom stereocenters. The summed E-state index contributed by atoms with van der Waals surface area (Å²) in [6.07, 6.45) is 0. The molecule has 1 aromatic heterocycles. The average molecular weight is 222 g/mol. The molecule has 88 valence electrons. The van der Waals surface area contributed by atoms with Gasteiger partial charge in [-0.05, 0) is 20.8 Å². The number of hydrogen-bond donors (Lipinski definition) is 2. The number of aryl methyl sites for hydroxylation is 1. The number of aromatic nitrogens is 2. The number of piperazine rings is 1. The van der Waals surface area contributed by atoms with Crippen molar-refractivity contribution >= 4 is 5.82 Å². The molecule has 2 rings (SSSR count). The maximum absolute atomic E-state index is 11.4. The number of anilines is 1. The van der Waals surface area contributed by atoms with Crippen molar-refractivity contribution in [3.05, 3.63) is 22.2 Å². The van der Waals surface area contributed by atoms with Gasteiger partial charge in [-0.15, -0.1) is 0 Å². The Bertz CT molecular complexity index is 438. The molecule has 1 aromatic rings. The Hall–Kier alpha value is -1.36. The zero-order valence-electron chi connectivity index (χ0n) is 10.0. The third-order valence-corrected chi connectivity index (χ3v) is 2.74. The first-order chi connectivity index (χ1) is 7.46. The molecule has 1 aliphatic rings. The summed E-state index contributed by atoms with van der Waals surface area (Å²) in [4.78, 5) is 20.6. The van der Waals surface area contributed by atoms with Crippen molar-refractivity contribution in [2.75, 3.05) is 24.5 Å². The first-order valence-corrected chi connectivity index (χ1v) is 5.54. The maximum Gasteiger partial charge on any atom is 0.252 e. The van der Waals surface area contributed by atoms with Gasteiger partial charge >= 0.3 is 0 Å². The van der Waals surface area contributed by atoms with Crippen LogP contribution in [0.3, 0.4) is 0 Å². The fraction of sp³-hybridized carbons (Fsp3) is 0.636. The molecule has 0 spiro atoms. The molecular weight excluding hydrogens is 204 g/mol. The van der Waals surface area contributed by atoms with E-state index in [0.717, 1.165) is 25.5 Å². The first-order valence-electron chi connectivity index (χ1n) is 5.54. The fourth-order valence-electron chi connectivity index (χ4n) is 2.06.